The molecule has 6 nitrogen and oxygen atoms in total. The highest BCUT2D eigenvalue weighted by atomic mass is 32.2. The maximum absolute atomic E-state index is 12.3. The van der Waals surface area contributed by atoms with Gasteiger partial charge >= 0.3 is 0 Å². The van der Waals surface area contributed by atoms with Crippen LogP contribution in [0.15, 0.2) is 36.5 Å². The van der Waals surface area contributed by atoms with Gasteiger partial charge in [-0.05, 0) is 37.8 Å². The van der Waals surface area contributed by atoms with E-state index >= 15 is 0 Å². The van der Waals surface area contributed by atoms with E-state index in [4.69, 9.17) is 0 Å². The highest BCUT2D eigenvalue weighted by Crippen LogP contribution is 2.15. The number of aromatic nitrogens is 2. The molecule has 1 N–H and O–H groups in total. The van der Waals surface area contributed by atoms with Crippen molar-refractivity contribution < 1.29 is 8.42 Å². The minimum atomic E-state index is -3.41. The molecule has 1 aliphatic rings. The van der Waals surface area contributed by atoms with E-state index in [0.29, 0.717) is 11.6 Å². The summed E-state index contributed by atoms with van der Waals surface area (Å²) in [6.45, 7) is 4.05. The predicted molar refractivity (Wildman–Crippen MR) is 98.7 cm³/mol. The van der Waals surface area contributed by atoms with E-state index in [-0.39, 0.29) is 12.3 Å². The fourth-order valence-electron chi connectivity index (χ4n) is 2.99. The van der Waals surface area contributed by atoms with Crippen molar-refractivity contribution >= 4 is 16.0 Å². The number of piperidine rings is 1. The summed E-state index contributed by atoms with van der Waals surface area (Å²) in [7, 11) is -3.41. The Morgan fingerprint density at radius 1 is 1.16 bits per heavy atom. The van der Waals surface area contributed by atoms with Gasteiger partial charge in [0.15, 0.2) is 0 Å². The van der Waals surface area contributed by atoms with Crippen molar-refractivity contribution in [3.63, 3.8) is 0 Å². The van der Waals surface area contributed by atoms with E-state index in [9.17, 15) is 8.42 Å². The van der Waals surface area contributed by atoms with Gasteiger partial charge in [0.05, 0.1) is 18.0 Å². The Bertz CT molecular complexity index is 817. The summed E-state index contributed by atoms with van der Waals surface area (Å²) in [5.74, 6) is 0.661. The summed E-state index contributed by atoms with van der Waals surface area (Å²) in [5.41, 5.74) is 2.52. The lowest BCUT2D eigenvalue weighted by Gasteiger charge is -2.26. The molecular weight excluding hydrogens is 336 g/mol. The molecule has 0 aliphatic carbocycles. The maximum Gasteiger partial charge on any atom is 0.225 e. The van der Waals surface area contributed by atoms with Crippen molar-refractivity contribution in [3.8, 4) is 0 Å². The summed E-state index contributed by atoms with van der Waals surface area (Å²) in [6, 6.07) is 9.29. The van der Waals surface area contributed by atoms with Gasteiger partial charge in [0.25, 0.3) is 0 Å². The maximum atomic E-state index is 12.3. The number of nitrogens with zero attached hydrogens (tertiary/aromatic N) is 3. The van der Waals surface area contributed by atoms with Gasteiger partial charge in [-0.25, -0.2) is 23.1 Å². The highest BCUT2D eigenvalue weighted by molar-refractivity contribution is 7.88. The average molecular weight is 360 g/mol. The number of rotatable bonds is 6. The van der Waals surface area contributed by atoms with Crippen LogP contribution in [0.2, 0.25) is 0 Å². The Morgan fingerprint density at radius 2 is 1.96 bits per heavy atom. The Labute approximate surface area is 149 Å². The summed E-state index contributed by atoms with van der Waals surface area (Å²) in [5, 5.41) is 0. The largest absolute Gasteiger partial charge is 0.341 e. The van der Waals surface area contributed by atoms with Crippen molar-refractivity contribution in [3.05, 3.63) is 53.3 Å². The van der Waals surface area contributed by atoms with E-state index in [1.165, 1.54) is 6.42 Å². The molecule has 0 spiro atoms. The van der Waals surface area contributed by atoms with E-state index in [2.05, 4.69) is 19.6 Å². The van der Waals surface area contributed by atoms with Crippen LogP contribution < -0.4 is 9.62 Å². The van der Waals surface area contributed by atoms with Gasteiger partial charge in [-0.2, -0.15) is 0 Å². The minimum absolute atomic E-state index is 0.0290. The molecule has 0 saturated carbocycles. The van der Waals surface area contributed by atoms with Gasteiger partial charge in [-0.3, -0.25) is 0 Å². The fraction of sp³-hybridized carbons (Fsp3) is 0.444. The van der Waals surface area contributed by atoms with Crippen LogP contribution in [-0.2, 0) is 22.3 Å². The molecule has 1 aromatic carbocycles. The Balaban J connectivity index is 1.62. The van der Waals surface area contributed by atoms with Gasteiger partial charge in [0.1, 0.15) is 0 Å². The first-order valence-corrected chi connectivity index (χ1v) is 10.3. The quantitative estimate of drug-likeness (QED) is 0.856. The van der Waals surface area contributed by atoms with Gasteiger partial charge in [0, 0.05) is 19.3 Å². The topological polar surface area (TPSA) is 75.2 Å². The third-order valence-corrected chi connectivity index (χ3v) is 5.55. The van der Waals surface area contributed by atoms with Gasteiger partial charge in [0.2, 0.25) is 16.0 Å². The van der Waals surface area contributed by atoms with Gasteiger partial charge < -0.3 is 4.90 Å². The molecule has 1 saturated heterocycles. The van der Waals surface area contributed by atoms with Crippen LogP contribution in [0.1, 0.15) is 36.1 Å². The third-order valence-electron chi connectivity index (χ3n) is 4.25. The second-order valence-corrected chi connectivity index (χ2v) is 8.27. The molecule has 0 atom stereocenters. The fourth-order valence-corrected chi connectivity index (χ4v) is 4.07. The number of aryl methyl sites for hydroxylation is 1. The molecule has 1 aromatic heterocycles. The molecule has 2 heterocycles. The number of benzene rings is 1. The lowest BCUT2D eigenvalue weighted by atomic mass is 10.1. The van der Waals surface area contributed by atoms with Crippen molar-refractivity contribution in [1.82, 2.24) is 14.7 Å². The standard InChI is InChI=1S/C18H24N4O2S/c1-15-6-5-7-16(12-15)14-25(23,24)20-13-17-8-9-19-18(21-17)22-10-3-2-4-11-22/h5-9,12,20H,2-4,10-11,13-14H2,1H3. The van der Waals surface area contributed by atoms with Crippen LogP contribution in [-0.4, -0.2) is 31.5 Å². The number of nitrogens with one attached hydrogen (secondary N) is 1. The molecule has 0 amide bonds. The Hall–Kier alpha value is -1.99. The SMILES string of the molecule is Cc1cccc(CS(=O)(=O)NCc2ccnc(N3CCCCC3)n2)c1. The zero-order valence-electron chi connectivity index (χ0n) is 14.5. The van der Waals surface area contributed by atoms with E-state index in [1.54, 1.807) is 12.3 Å². The van der Waals surface area contributed by atoms with Crippen LogP contribution in [0, 0.1) is 6.92 Å². The molecule has 2 aromatic rings. The predicted octanol–water partition coefficient (Wildman–Crippen LogP) is 2.39. The Morgan fingerprint density at radius 3 is 2.72 bits per heavy atom. The van der Waals surface area contributed by atoms with Crippen LogP contribution in [0.3, 0.4) is 0 Å². The second-order valence-electron chi connectivity index (χ2n) is 6.46. The normalized spacial score (nSPS) is 15.3. The molecule has 0 unspecified atom stereocenters. The second kappa shape index (κ2) is 7.93. The Kier molecular flexibility index (Phi) is 5.65. The average Bonchev–Trinajstić information content (AvgIpc) is 2.61. The first-order chi connectivity index (χ1) is 12.0. The molecule has 3 rings (SSSR count). The van der Waals surface area contributed by atoms with Crippen LogP contribution >= 0.6 is 0 Å². The highest BCUT2D eigenvalue weighted by Gasteiger charge is 2.15. The number of sulfonamides is 1. The van der Waals surface area contributed by atoms with Crippen molar-refractivity contribution in [2.24, 2.45) is 0 Å². The van der Waals surface area contributed by atoms with Crippen molar-refractivity contribution in [2.45, 2.75) is 38.5 Å². The third kappa shape index (κ3) is 5.24. The lowest BCUT2D eigenvalue weighted by molar-refractivity contribution is 0.565. The molecule has 1 fully saturated rings. The van der Waals surface area contributed by atoms with Crippen LogP contribution in [0.4, 0.5) is 5.95 Å². The van der Waals surface area contributed by atoms with Gasteiger partial charge in [-0.1, -0.05) is 29.8 Å². The van der Waals surface area contributed by atoms with E-state index in [1.807, 2.05) is 31.2 Å². The monoisotopic (exact) mass is 360 g/mol. The summed E-state index contributed by atoms with van der Waals surface area (Å²) < 4.78 is 27.2. The minimum Gasteiger partial charge on any atom is -0.341 e. The van der Waals surface area contributed by atoms with Crippen molar-refractivity contribution in [2.75, 3.05) is 18.0 Å². The smallest absolute Gasteiger partial charge is 0.225 e. The zero-order valence-corrected chi connectivity index (χ0v) is 15.3. The molecule has 1 aliphatic heterocycles. The first-order valence-electron chi connectivity index (χ1n) is 8.62. The van der Waals surface area contributed by atoms with Crippen molar-refractivity contribution in [1.29, 1.82) is 0 Å². The lowest BCUT2D eigenvalue weighted by Crippen LogP contribution is -2.31. The zero-order chi connectivity index (χ0) is 17.7. The number of anilines is 1. The van der Waals surface area contributed by atoms with Gasteiger partial charge in [-0.15, -0.1) is 0 Å². The number of hydrogen-bond donors (Lipinski definition) is 1. The van der Waals surface area contributed by atoms with E-state index in [0.717, 1.165) is 37.1 Å². The molecule has 0 radical (unpaired) electrons. The van der Waals surface area contributed by atoms with Crippen LogP contribution in [0.25, 0.3) is 0 Å². The molecular formula is C18H24N4O2S. The molecule has 134 valence electrons. The van der Waals surface area contributed by atoms with E-state index < -0.39 is 10.0 Å². The molecule has 0 bridgehead atoms. The molecule has 7 heteroatoms. The summed E-state index contributed by atoms with van der Waals surface area (Å²) in [6.07, 6.45) is 5.24. The first kappa shape index (κ1) is 17.8. The summed E-state index contributed by atoms with van der Waals surface area (Å²) >= 11 is 0. The summed E-state index contributed by atoms with van der Waals surface area (Å²) in [4.78, 5) is 11.0. The molecule has 25 heavy (non-hydrogen) atoms. The number of hydrogen-bond acceptors (Lipinski definition) is 5. The van der Waals surface area contributed by atoms with Crippen LogP contribution in [0.5, 0.6) is 0 Å².